The van der Waals surface area contributed by atoms with Gasteiger partial charge in [-0.3, -0.25) is 9.69 Å². The van der Waals surface area contributed by atoms with E-state index in [0.717, 1.165) is 15.4 Å². The van der Waals surface area contributed by atoms with Gasteiger partial charge in [0.2, 0.25) is 15.9 Å². The Morgan fingerprint density at radius 1 is 1.03 bits per heavy atom. The summed E-state index contributed by atoms with van der Waals surface area (Å²) in [4.78, 5) is 28.5. The van der Waals surface area contributed by atoms with Crippen LogP contribution < -0.4 is 9.80 Å². The molecule has 0 radical (unpaired) electrons. The summed E-state index contributed by atoms with van der Waals surface area (Å²) in [7, 11) is -0.554. The summed E-state index contributed by atoms with van der Waals surface area (Å²) in [5.41, 5.74) is 2.78. The lowest BCUT2D eigenvalue weighted by molar-refractivity contribution is -0.117. The molecule has 0 saturated carbocycles. The van der Waals surface area contributed by atoms with Crippen LogP contribution in [0.25, 0.3) is 11.1 Å². The highest BCUT2D eigenvalue weighted by atomic mass is 32.2. The molecule has 1 aliphatic rings. The fraction of sp³-hybridized carbons (Fsp3) is 0.391. The molecule has 2 amide bonds. The third-order valence-corrected chi connectivity index (χ3v) is 7.11. The van der Waals surface area contributed by atoms with Crippen LogP contribution >= 0.6 is 0 Å². The molecular formula is C23H29N3O5S. The summed E-state index contributed by atoms with van der Waals surface area (Å²) in [6, 6.07) is 11.8. The molecule has 8 nitrogen and oxygen atoms in total. The molecule has 0 N–H and O–H groups in total. The van der Waals surface area contributed by atoms with Crippen molar-refractivity contribution in [1.29, 1.82) is 0 Å². The number of hydrogen-bond donors (Lipinski definition) is 0. The molecule has 0 saturated heterocycles. The maximum Gasteiger partial charge on any atom is 0.414 e. The highest BCUT2D eigenvalue weighted by Crippen LogP contribution is 2.39. The number of amides is 2. The van der Waals surface area contributed by atoms with Gasteiger partial charge in [-0.15, -0.1) is 0 Å². The van der Waals surface area contributed by atoms with Gasteiger partial charge in [0.15, 0.2) is 0 Å². The third kappa shape index (κ3) is 4.49. The zero-order valence-corrected chi connectivity index (χ0v) is 20.0. The lowest BCUT2D eigenvalue weighted by Gasteiger charge is -2.40. The molecule has 2 aromatic rings. The Bertz CT molecular complexity index is 1130. The van der Waals surface area contributed by atoms with Crippen molar-refractivity contribution in [2.75, 3.05) is 30.4 Å². The van der Waals surface area contributed by atoms with E-state index in [1.165, 1.54) is 21.0 Å². The van der Waals surface area contributed by atoms with Crippen LogP contribution in [0.3, 0.4) is 0 Å². The molecule has 3 rings (SSSR count). The van der Waals surface area contributed by atoms with Gasteiger partial charge in [-0.2, -0.15) is 0 Å². The number of sulfonamides is 1. The van der Waals surface area contributed by atoms with Gasteiger partial charge in [0.25, 0.3) is 0 Å². The smallest absolute Gasteiger partial charge is 0.414 e. The summed E-state index contributed by atoms with van der Waals surface area (Å²) < 4.78 is 31.3. The lowest BCUT2D eigenvalue weighted by Crippen LogP contribution is -2.51. The van der Waals surface area contributed by atoms with Gasteiger partial charge in [-0.05, 0) is 56.2 Å². The van der Waals surface area contributed by atoms with Crippen LogP contribution in [0.15, 0.2) is 47.4 Å². The van der Waals surface area contributed by atoms with E-state index in [2.05, 4.69) is 0 Å². The molecule has 0 aliphatic carbocycles. The first-order valence-corrected chi connectivity index (χ1v) is 11.8. The van der Waals surface area contributed by atoms with Crippen molar-refractivity contribution in [2.45, 2.75) is 44.7 Å². The Morgan fingerprint density at radius 3 is 2.16 bits per heavy atom. The zero-order valence-electron chi connectivity index (χ0n) is 19.2. The van der Waals surface area contributed by atoms with Crippen molar-refractivity contribution in [1.82, 2.24) is 4.31 Å². The number of benzene rings is 2. The number of hydrogen-bond acceptors (Lipinski definition) is 5. The van der Waals surface area contributed by atoms with Crippen molar-refractivity contribution in [3.05, 3.63) is 42.5 Å². The predicted molar refractivity (Wildman–Crippen MR) is 124 cm³/mol. The Labute approximate surface area is 189 Å². The van der Waals surface area contributed by atoms with E-state index in [4.69, 9.17) is 4.74 Å². The second-order valence-corrected chi connectivity index (χ2v) is 10.4. The molecule has 0 spiro atoms. The monoisotopic (exact) mass is 459 g/mol. The quantitative estimate of drug-likeness (QED) is 0.696. The second-order valence-electron chi connectivity index (χ2n) is 8.30. The zero-order chi connectivity index (χ0) is 23.8. The van der Waals surface area contributed by atoms with Crippen molar-refractivity contribution in [3.63, 3.8) is 0 Å². The SMILES string of the molecule is CC(=O)N1c2ccc(-c3ccc(S(=O)(=O)N(C)C)cc3)cc2N(C(=O)OC(C)C)C[C@@H]1C. The molecular weight excluding hydrogens is 430 g/mol. The maximum atomic E-state index is 12.8. The largest absolute Gasteiger partial charge is 0.446 e. The van der Waals surface area contributed by atoms with Crippen LogP contribution in [0.4, 0.5) is 16.2 Å². The summed E-state index contributed by atoms with van der Waals surface area (Å²) in [5, 5.41) is 0. The Morgan fingerprint density at radius 2 is 1.62 bits per heavy atom. The molecule has 1 aliphatic heterocycles. The minimum absolute atomic E-state index is 0.110. The molecule has 2 aromatic carbocycles. The van der Waals surface area contributed by atoms with Crippen molar-refractivity contribution in [2.24, 2.45) is 0 Å². The minimum Gasteiger partial charge on any atom is -0.446 e. The van der Waals surface area contributed by atoms with Gasteiger partial charge in [0.05, 0.1) is 28.4 Å². The Hall–Kier alpha value is -2.91. The van der Waals surface area contributed by atoms with Crippen LogP contribution in [-0.2, 0) is 19.6 Å². The standard InChI is InChI=1S/C23H29N3O5S/c1-15(2)31-23(28)25-14-16(3)26(17(4)27)21-12-9-19(13-22(21)25)18-7-10-20(11-8-18)32(29,30)24(5)6/h7-13,15-16H,14H2,1-6H3/t16-/m0/s1. The molecule has 172 valence electrons. The number of carbonyl (C=O) groups is 2. The number of nitrogens with zero attached hydrogens (tertiary/aromatic N) is 3. The molecule has 0 bridgehead atoms. The second kappa shape index (κ2) is 8.91. The molecule has 0 unspecified atom stereocenters. The number of anilines is 2. The van der Waals surface area contributed by atoms with Gasteiger partial charge in [0.1, 0.15) is 0 Å². The van der Waals surface area contributed by atoms with Gasteiger partial charge < -0.3 is 9.64 Å². The first-order valence-electron chi connectivity index (χ1n) is 10.4. The third-order valence-electron chi connectivity index (χ3n) is 5.28. The number of fused-ring (bicyclic) bond motifs is 1. The highest BCUT2D eigenvalue weighted by Gasteiger charge is 2.34. The van der Waals surface area contributed by atoms with E-state index >= 15 is 0 Å². The van der Waals surface area contributed by atoms with Crippen molar-refractivity contribution < 1.29 is 22.7 Å². The van der Waals surface area contributed by atoms with Crippen LogP contribution in [0, 0.1) is 0 Å². The van der Waals surface area contributed by atoms with E-state index in [1.807, 2.05) is 25.1 Å². The molecule has 0 aromatic heterocycles. The molecule has 0 fully saturated rings. The number of rotatable bonds is 4. The van der Waals surface area contributed by atoms with Crippen LogP contribution in [0.2, 0.25) is 0 Å². The molecule has 1 atom stereocenters. The minimum atomic E-state index is -3.53. The molecule has 1 heterocycles. The van der Waals surface area contributed by atoms with Crippen LogP contribution in [-0.4, -0.2) is 57.5 Å². The van der Waals surface area contributed by atoms with Gasteiger partial charge in [-0.25, -0.2) is 17.5 Å². The maximum absolute atomic E-state index is 12.8. The first kappa shape index (κ1) is 23.7. The summed E-state index contributed by atoms with van der Waals surface area (Å²) in [6.07, 6.45) is -0.748. The van der Waals surface area contributed by atoms with Gasteiger partial charge >= 0.3 is 6.09 Å². The Balaban J connectivity index is 2.06. The summed E-state index contributed by atoms with van der Waals surface area (Å²) in [5.74, 6) is -0.110. The average molecular weight is 460 g/mol. The number of ether oxygens (including phenoxy) is 1. The van der Waals surface area contributed by atoms with Gasteiger partial charge in [-0.1, -0.05) is 18.2 Å². The highest BCUT2D eigenvalue weighted by molar-refractivity contribution is 7.89. The first-order chi connectivity index (χ1) is 14.9. The topological polar surface area (TPSA) is 87.2 Å². The normalized spacial score (nSPS) is 16.3. The van der Waals surface area contributed by atoms with E-state index in [-0.39, 0.29) is 22.9 Å². The van der Waals surface area contributed by atoms with Crippen LogP contribution in [0.1, 0.15) is 27.7 Å². The number of carbonyl (C=O) groups excluding carboxylic acids is 2. The fourth-order valence-electron chi connectivity index (χ4n) is 3.75. The van der Waals surface area contributed by atoms with Crippen LogP contribution in [0.5, 0.6) is 0 Å². The van der Waals surface area contributed by atoms with E-state index in [0.29, 0.717) is 17.9 Å². The summed E-state index contributed by atoms with van der Waals surface area (Å²) in [6.45, 7) is 7.27. The molecule has 9 heteroatoms. The van der Waals surface area contributed by atoms with E-state index in [1.54, 1.807) is 47.9 Å². The van der Waals surface area contributed by atoms with E-state index < -0.39 is 16.1 Å². The fourth-order valence-corrected chi connectivity index (χ4v) is 4.65. The Kier molecular flexibility index (Phi) is 6.61. The molecule has 32 heavy (non-hydrogen) atoms. The summed E-state index contributed by atoms with van der Waals surface area (Å²) >= 11 is 0. The van der Waals surface area contributed by atoms with Crippen molar-refractivity contribution >= 4 is 33.4 Å². The van der Waals surface area contributed by atoms with Gasteiger partial charge in [0, 0.05) is 27.6 Å². The van der Waals surface area contributed by atoms with E-state index in [9.17, 15) is 18.0 Å². The lowest BCUT2D eigenvalue weighted by atomic mass is 10.0. The predicted octanol–water partition coefficient (Wildman–Crippen LogP) is 3.71. The van der Waals surface area contributed by atoms with Crippen molar-refractivity contribution in [3.8, 4) is 11.1 Å². The average Bonchev–Trinajstić information content (AvgIpc) is 2.72.